The zero-order chi connectivity index (χ0) is 23.4. The highest BCUT2D eigenvalue weighted by atomic mass is 35.5. The minimum atomic E-state index is -0.993. The molecule has 33 heavy (non-hydrogen) atoms. The van der Waals surface area contributed by atoms with Crippen LogP contribution in [0, 0.1) is 11.6 Å². The Kier molecular flexibility index (Phi) is 5.21. The zero-order valence-corrected chi connectivity index (χ0v) is 18.1. The maximum Gasteiger partial charge on any atom is 0.261 e. The summed E-state index contributed by atoms with van der Waals surface area (Å²) in [6.07, 6.45) is -0.125. The van der Waals surface area contributed by atoms with E-state index in [4.69, 9.17) is 21.1 Å². The lowest BCUT2D eigenvalue weighted by Gasteiger charge is -2.70. The highest BCUT2D eigenvalue weighted by molar-refractivity contribution is 6.30. The normalized spacial score (nSPS) is 29.0. The number of hydrogen-bond donors (Lipinski definition) is 3. The lowest BCUT2D eigenvalue weighted by atomic mass is 9.44. The molecule has 0 saturated heterocycles. The van der Waals surface area contributed by atoms with Gasteiger partial charge in [0.15, 0.2) is 12.7 Å². The molecule has 2 atom stereocenters. The molecule has 7 nitrogen and oxygen atoms in total. The number of amides is 2. The number of carbonyl (C=O) groups excluding carboxylic acids is 2. The van der Waals surface area contributed by atoms with Crippen LogP contribution in [0.25, 0.3) is 0 Å². The van der Waals surface area contributed by atoms with E-state index >= 15 is 0 Å². The van der Waals surface area contributed by atoms with Gasteiger partial charge in [-0.25, -0.2) is 8.78 Å². The predicted octanol–water partition coefficient (Wildman–Crippen LogP) is 2.79. The molecule has 174 valence electrons. The monoisotopic (exact) mass is 478 g/mol. The topological polar surface area (TPSA) is 96.9 Å². The molecule has 2 bridgehead atoms. The van der Waals surface area contributed by atoms with Crippen LogP contribution in [0.15, 0.2) is 36.4 Å². The van der Waals surface area contributed by atoms with Gasteiger partial charge < -0.3 is 25.2 Å². The molecule has 6 rings (SSSR count). The molecule has 2 aromatic carbocycles. The predicted molar refractivity (Wildman–Crippen MR) is 113 cm³/mol. The third kappa shape index (κ3) is 4.11. The Bertz CT molecular complexity index is 1120. The van der Waals surface area contributed by atoms with Crippen molar-refractivity contribution in [2.75, 3.05) is 6.61 Å². The molecule has 3 aliphatic carbocycles. The summed E-state index contributed by atoms with van der Waals surface area (Å²) in [5, 5.41) is 16.1. The Balaban J connectivity index is 1.10. The van der Waals surface area contributed by atoms with E-state index in [0.29, 0.717) is 24.8 Å². The standard InChI is InChI=1S/C23H21ClF2N2O5/c24-15-3-2-13(6-16(15)26)32-8-20(30)27-22-9-23(10-22,11-22)28-21(31)19-7-17(29)14-5-12(25)1-4-18(14)33-19/h1-6,17,19,29H,7-11H2,(H,27,30)(H,28,31). The Labute approximate surface area is 193 Å². The van der Waals surface area contributed by atoms with Gasteiger partial charge in [-0.05, 0) is 49.6 Å². The number of hydrogen-bond acceptors (Lipinski definition) is 5. The van der Waals surface area contributed by atoms with Crippen LogP contribution in [-0.4, -0.2) is 40.7 Å². The third-order valence-electron chi connectivity index (χ3n) is 6.41. The van der Waals surface area contributed by atoms with Gasteiger partial charge in [-0.1, -0.05) is 11.6 Å². The first-order valence-electron chi connectivity index (χ1n) is 10.5. The van der Waals surface area contributed by atoms with E-state index in [1.54, 1.807) is 0 Å². The van der Waals surface area contributed by atoms with Crippen molar-refractivity contribution in [2.24, 2.45) is 0 Å². The second kappa shape index (κ2) is 7.85. The fourth-order valence-electron chi connectivity index (χ4n) is 5.02. The summed E-state index contributed by atoms with van der Waals surface area (Å²) < 4.78 is 37.8. The number of fused-ring (bicyclic) bond motifs is 1. The third-order valence-corrected chi connectivity index (χ3v) is 6.72. The molecule has 1 heterocycles. The number of benzene rings is 2. The van der Waals surface area contributed by atoms with Crippen LogP contribution >= 0.6 is 11.6 Å². The smallest absolute Gasteiger partial charge is 0.261 e. The highest BCUT2D eigenvalue weighted by Crippen LogP contribution is 2.60. The van der Waals surface area contributed by atoms with Crippen LogP contribution in [0.4, 0.5) is 8.78 Å². The maximum absolute atomic E-state index is 13.5. The molecular formula is C23H21ClF2N2O5. The summed E-state index contributed by atoms with van der Waals surface area (Å²) in [6.45, 7) is -0.268. The lowest BCUT2D eigenvalue weighted by molar-refractivity contribution is -0.155. The Morgan fingerprint density at radius 1 is 1.12 bits per heavy atom. The maximum atomic E-state index is 13.5. The zero-order valence-electron chi connectivity index (χ0n) is 17.4. The van der Waals surface area contributed by atoms with Crippen LogP contribution in [0.1, 0.15) is 37.4 Å². The molecular weight excluding hydrogens is 458 g/mol. The minimum absolute atomic E-state index is 0.0285. The Morgan fingerprint density at radius 3 is 2.58 bits per heavy atom. The van der Waals surface area contributed by atoms with Gasteiger partial charge in [0, 0.05) is 29.1 Å². The number of nitrogens with one attached hydrogen (secondary N) is 2. The van der Waals surface area contributed by atoms with Crippen molar-refractivity contribution in [1.82, 2.24) is 10.6 Å². The van der Waals surface area contributed by atoms with E-state index < -0.39 is 34.9 Å². The van der Waals surface area contributed by atoms with E-state index in [1.165, 1.54) is 30.3 Å². The highest BCUT2D eigenvalue weighted by Gasteiger charge is 2.69. The number of halogens is 3. The van der Waals surface area contributed by atoms with E-state index in [-0.39, 0.29) is 41.4 Å². The summed E-state index contributed by atoms with van der Waals surface area (Å²) in [4.78, 5) is 25.0. The van der Waals surface area contributed by atoms with Crippen molar-refractivity contribution in [1.29, 1.82) is 0 Å². The SMILES string of the molecule is O=C(COc1ccc(Cl)c(F)c1)NC12CC(NC(=O)C3CC(O)c4cc(F)ccc4O3)(C1)C2. The molecule has 3 N–H and O–H groups in total. The molecule has 2 aromatic rings. The van der Waals surface area contributed by atoms with Crippen LogP contribution < -0.4 is 20.1 Å². The van der Waals surface area contributed by atoms with Crippen molar-refractivity contribution >= 4 is 23.4 Å². The van der Waals surface area contributed by atoms with Gasteiger partial charge in [0.1, 0.15) is 23.1 Å². The van der Waals surface area contributed by atoms with Gasteiger partial charge in [0.05, 0.1) is 11.1 Å². The molecule has 0 radical (unpaired) electrons. The minimum Gasteiger partial charge on any atom is -0.484 e. The number of aliphatic hydroxyl groups is 1. The molecule has 4 aliphatic rings. The summed E-state index contributed by atoms with van der Waals surface area (Å²) in [5.41, 5.74) is -0.479. The van der Waals surface area contributed by atoms with Crippen molar-refractivity contribution in [2.45, 2.75) is 49.0 Å². The van der Waals surface area contributed by atoms with Gasteiger partial charge in [-0.3, -0.25) is 9.59 Å². The van der Waals surface area contributed by atoms with Crippen molar-refractivity contribution in [3.63, 3.8) is 0 Å². The molecule has 3 saturated carbocycles. The second-order valence-electron chi connectivity index (χ2n) is 9.03. The molecule has 0 spiro atoms. The van der Waals surface area contributed by atoms with Gasteiger partial charge in [-0.15, -0.1) is 0 Å². The average Bonchev–Trinajstić information content (AvgIpc) is 2.72. The Hall–Kier alpha value is -2.91. The van der Waals surface area contributed by atoms with Crippen LogP contribution in [0.2, 0.25) is 5.02 Å². The van der Waals surface area contributed by atoms with E-state index in [2.05, 4.69) is 10.6 Å². The summed E-state index contributed by atoms with van der Waals surface area (Å²) >= 11 is 5.62. The van der Waals surface area contributed by atoms with Gasteiger partial charge in [0.25, 0.3) is 11.8 Å². The van der Waals surface area contributed by atoms with Gasteiger partial charge >= 0.3 is 0 Å². The number of ether oxygens (including phenoxy) is 2. The van der Waals surface area contributed by atoms with E-state index in [1.807, 2.05) is 0 Å². The second-order valence-corrected chi connectivity index (χ2v) is 9.44. The molecule has 3 fully saturated rings. The lowest BCUT2D eigenvalue weighted by Crippen LogP contribution is -2.84. The summed E-state index contributed by atoms with van der Waals surface area (Å²) in [6, 6.07) is 7.76. The quantitative estimate of drug-likeness (QED) is 0.593. The van der Waals surface area contributed by atoms with Crippen LogP contribution in [-0.2, 0) is 9.59 Å². The number of aliphatic hydroxyl groups excluding tert-OH is 1. The molecule has 0 aromatic heterocycles. The fraction of sp³-hybridized carbons (Fsp3) is 0.391. The fourth-order valence-corrected chi connectivity index (χ4v) is 5.14. The first-order valence-corrected chi connectivity index (χ1v) is 10.9. The summed E-state index contributed by atoms with van der Waals surface area (Å²) in [5.74, 6) is -1.31. The average molecular weight is 479 g/mol. The molecule has 10 heteroatoms. The van der Waals surface area contributed by atoms with E-state index in [9.17, 15) is 23.5 Å². The van der Waals surface area contributed by atoms with Crippen molar-refractivity contribution < 1.29 is 33.0 Å². The molecule has 1 aliphatic heterocycles. The van der Waals surface area contributed by atoms with Crippen molar-refractivity contribution in [3.05, 3.63) is 58.6 Å². The first-order chi connectivity index (χ1) is 15.7. The largest absolute Gasteiger partial charge is 0.484 e. The first kappa shape index (κ1) is 21.9. The number of carbonyl (C=O) groups is 2. The number of rotatable bonds is 6. The van der Waals surface area contributed by atoms with Gasteiger partial charge in [0.2, 0.25) is 0 Å². The van der Waals surface area contributed by atoms with Gasteiger partial charge in [-0.2, -0.15) is 0 Å². The molecule has 2 unspecified atom stereocenters. The van der Waals surface area contributed by atoms with Crippen LogP contribution in [0.3, 0.4) is 0 Å². The van der Waals surface area contributed by atoms with Crippen LogP contribution in [0.5, 0.6) is 11.5 Å². The van der Waals surface area contributed by atoms with E-state index in [0.717, 1.165) is 6.07 Å². The Morgan fingerprint density at radius 2 is 1.85 bits per heavy atom. The summed E-state index contributed by atoms with van der Waals surface area (Å²) in [7, 11) is 0. The molecule has 2 amide bonds. The van der Waals surface area contributed by atoms with Crippen molar-refractivity contribution in [3.8, 4) is 11.5 Å².